The summed E-state index contributed by atoms with van der Waals surface area (Å²) < 4.78 is 0. The van der Waals surface area contributed by atoms with Gasteiger partial charge in [-0.3, -0.25) is 14.4 Å². The number of anilines is 1. The first-order valence-electron chi connectivity index (χ1n) is 10.0. The van der Waals surface area contributed by atoms with Crippen molar-refractivity contribution in [2.24, 2.45) is 0 Å². The van der Waals surface area contributed by atoms with Crippen LogP contribution in [0.15, 0.2) is 42.5 Å². The fraction of sp³-hybridized carbons (Fsp3) is 0.348. The maximum absolute atomic E-state index is 13.3. The molecule has 2 aliphatic rings. The highest BCUT2D eigenvalue weighted by atomic mass is 16.2. The number of hydrogen-bond acceptors (Lipinski definition) is 3. The van der Waals surface area contributed by atoms with Crippen molar-refractivity contribution in [1.82, 2.24) is 10.2 Å². The average Bonchev–Trinajstić information content (AvgIpc) is 3.18. The lowest BCUT2D eigenvalue weighted by Crippen LogP contribution is -2.48. The molecule has 0 saturated carbocycles. The Labute approximate surface area is 170 Å². The maximum Gasteiger partial charge on any atom is 0.256 e. The summed E-state index contributed by atoms with van der Waals surface area (Å²) >= 11 is 0. The minimum atomic E-state index is -0.488. The molecule has 6 heteroatoms. The largest absolute Gasteiger partial charge is 0.350 e. The van der Waals surface area contributed by atoms with Gasteiger partial charge in [-0.1, -0.05) is 36.4 Å². The van der Waals surface area contributed by atoms with Crippen LogP contribution in [0.5, 0.6) is 0 Å². The van der Waals surface area contributed by atoms with Crippen LogP contribution in [-0.2, 0) is 16.1 Å². The molecule has 29 heavy (non-hydrogen) atoms. The lowest BCUT2D eigenvalue weighted by molar-refractivity contribution is -0.125. The quantitative estimate of drug-likeness (QED) is 0.871. The fourth-order valence-corrected chi connectivity index (χ4v) is 4.26. The number of para-hydroxylation sites is 1. The van der Waals surface area contributed by atoms with Crippen LogP contribution in [0.3, 0.4) is 0 Å². The summed E-state index contributed by atoms with van der Waals surface area (Å²) in [5, 5.41) is 2.92. The fourth-order valence-electron chi connectivity index (χ4n) is 4.26. The lowest BCUT2D eigenvalue weighted by atomic mass is 10.1. The molecule has 3 amide bonds. The molecule has 2 aliphatic heterocycles. The Morgan fingerprint density at radius 1 is 1.07 bits per heavy atom. The third-order valence-corrected chi connectivity index (χ3v) is 5.84. The number of aryl methyl sites for hydroxylation is 2. The number of nitrogens with zero attached hydrogens (tertiary/aromatic N) is 2. The molecule has 0 spiro atoms. The average molecular weight is 391 g/mol. The zero-order valence-electron chi connectivity index (χ0n) is 16.8. The normalized spacial score (nSPS) is 18.3. The van der Waals surface area contributed by atoms with Crippen molar-refractivity contribution in [2.75, 3.05) is 18.0 Å². The Hall–Kier alpha value is -3.15. The molecule has 0 bridgehead atoms. The number of hydrogen-bond donors (Lipinski definition) is 1. The van der Waals surface area contributed by atoms with Gasteiger partial charge in [-0.05, 0) is 49.4 Å². The number of fused-ring (bicyclic) bond motifs is 2. The number of nitrogens with one attached hydrogen (secondary N) is 1. The summed E-state index contributed by atoms with van der Waals surface area (Å²) in [5.41, 5.74) is 4.01. The minimum Gasteiger partial charge on any atom is -0.350 e. The summed E-state index contributed by atoms with van der Waals surface area (Å²) in [5.74, 6) is -0.535. The third kappa shape index (κ3) is 3.50. The second-order valence-electron chi connectivity index (χ2n) is 7.76. The van der Waals surface area contributed by atoms with Gasteiger partial charge in [0.05, 0.1) is 11.3 Å². The highest BCUT2D eigenvalue weighted by Crippen LogP contribution is 2.34. The number of rotatable bonds is 4. The van der Waals surface area contributed by atoms with Crippen LogP contribution >= 0.6 is 0 Å². The van der Waals surface area contributed by atoms with E-state index in [0.29, 0.717) is 30.8 Å². The van der Waals surface area contributed by atoms with Gasteiger partial charge in [-0.15, -0.1) is 0 Å². The number of benzene rings is 2. The van der Waals surface area contributed by atoms with Gasteiger partial charge in [0.25, 0.3) is 5.91 Å². The van der Waals surface area contributed by atoms with E-state index in [9.17, 15) is 14.4 Å². The van der Waals surface area contributed by atoms with Crippen molar-refractivity contribution in [2.45, 2.75) is 39.3 Å². The van der Waals surface area contributed by atoms with Crippen molar-refractivity contribution >= 4 is 23.4 Å². The van der Waals surface area contributed by atoms with Gasteiger partial charge >= 0.3 is 0 Å². The van der Waals surface area contributed by atoms with E-state index < -0.39 is 6.04 Å². The summed E-state index contributed by atoms with van der Waals surface area (Å²) in [4.78, 5) is 42.3. The van der Waals surface area contributed by atoms with E-state index >= 15 is 0 Å². The van der Waals surface area contributed by atoms with Crippen LogP contribution in [0, 0.1) is 13.8 Å². The molecule has 1 atom stereocenters. The zero-order chi connectivity index (χ0) is 20.5. The smallest absolute Gasteiger partial charge is 0.256 e. The van der Waals surface area contributed by atoms with Gasteiger partial charge in [0.15, 0.2) is 0 Å². The third-order valence-electron chi connectivity index (χ3n) is 5.84. The SMILES string of the molecule is Cc1ccccc1CNC(=O)CN1C(=O)[C@@H]2CCCN2C(=O)c2cccc(C)c21. The standard InChI is InChI=1S/C23H25N3O3/c1-15-7-3-4-9-17(15)13-24-20(27)14-26-21-16(2)8-5-10-18(21)22(28)25-12-6-11-19(25)23(26)29/h3-5,7-10,19H,6,11-14H2,1-2H3,(H,24,27)/t19-/m0/s1. The topological polar surface area (TPSA) is 69.7 Å². The molecule has 2 heterocycles. The summed E-state index contributed by atoms with van der Waals surface area (Å²) in [7, 11) is 0. The van der Waals surface area contributed by atoms with Crippen LogP contribution in [0.2, 0.25) is 0 Å². The van der Waals surface area contributed by atoms with E-state index in [-0.39, 0.29) is 24.3 Å². The van der Waals surface area contributed by atoms with Crippen LogP contribution < -0.4 is 10.2 Å². The summed E-state index contributed by atoms with van der Waals surface area (Å²) in [6.07, 6.45) is 1.44. The first kappa shape index (κ1) is 19.2. The molecule has 4 rings (SSSR count). The van der Waals surface area contributed by atoms with Gasteiger partial charge in [-0.2, -0.15) is 0 Å². The molecular weight excluding hydrogens is 366 g/mol. The van der Waals surface area contributed by atoms with E-state index in [0.717, 1.165) is 23.1 Å². The highest BCUT2D eigenvalue weighted by Gasteiger charge is 2.42. The zero-order valence-corrected chi connectivity index (χ0v) is 16.8. The van der Waals surface area contributed by atoms with Gasteiger partial charge in [-0.25, -0.2) is 0 Å². The van der Waals surface area contributed by atoms with E-state index in [1.807, 2.05) is 50.2 Å². The first-order valence-corrected chi connectivity index (χ1v) is 10.0. The Morgan fingerprint density at radius 2 is 1.83 bits per heavy atom. The minimum absolute atomic E-state index is 0.0970. The molecule has 1 fully saturated rings. The molecular formula is C23H25N3O3. The van der Waals surface area contributed by atoms with Crippen molar-refractivity contribution in [1.29, 1.82) is 0 Å². The van der Waals surface area contributed by atoms with Crippen molar-refractivity contribution < 1.29 is 14.4 Å². The summed E-state index contributed by atoms with van der Waals surface area (Å²) in [6.45, 7) is 4.76. The molecule has 2 aromatic rings. The monoisotopic (exact) mass is 391 g/mol. The molecule has 0 aromatic heterocycles. The lowest BCUT2D eigenvalue weighted by Gasteiger charge is -2.26. The Balaban J connectivity index is 1.60. The van der Waals surface area contributed by atoms with Gasteiger partial charge in [0.1, 0.15) is 12.6 Å². The van der Waals surface area contributed by atoms with Crippen LogP contribution in [0.25, 0.3) is 0 Å². The van der Waals surface area contributed by atoms with Crippen molar-refractivity contribution in [3.05, 3.63) is 64.7 Å². The van der Waals surface area contributed by atoms with Gasteiger partial charge < -0.3 is 15.1 Å². The first-order chi connectivity index (χ1) is 14.0. The molecule has 1 N–H and O–H groups in total. The Kier molecular flexibility index (Phi) is 5.09. The molecule has 1 saturated heterocycles. The predicted octanol–water partition coefficient (Wildman–Crippen LogP) is 2.57. The van der Waals surface area contributed by atoms with Crippen LogP contribution in [0.1, 0.15) is 39.9 Å². The van der Waals surface area contributed by atoms with Crippen molar-refractivity contribution in [3.8, 4) is 0 Å². The number of carbonyl (C=O) groups excluding carboxylic acids is 3. The number of carbonyl (C=O) groups is 3. The van der Waals surface area contributed by atoms with Crippen molar-refractivity contribution in [3.63, 3.8) is 0 Å². The van der Waals surface area contributed by atoms with Crippen LogP contribution in [0.4, 0.5) is 5.69 Å². The summed E-state index contributed by atoms with van der Waals surface area (Å²) in [6, 6.07) is 12.8. The van der Waals surface area contributed by atoms with E-state index in [1.54, 1.807) is 11.0 Å². The molecule has 6 nitrogen and oxygen atoms in total. The second-order valence-corrected chi connectivity index (χ2v) is 7.76. The maximum atomic E-state index is 13.3. The predicted molar refractivity (Wildman–Crippen MR) is 111 cm³/mol. The second kappa shape index (κ2) is 7.70. The van der Waals surface area contributed by atoms with E-state index in [4.69, 9.17) is 0 Å². The molecule has 0 aliphatic carbocycles. The molecule has 2 aromatic carbocycles. The van der Waals surface area contributed by atoms with Crippen LogP contribution in [-0.4, -0.2) is 41.8 Å². The molecule has 150 valence electrons. The van der Waals surface area contributed by atoms with E-state index in [1.165, 1.54) is 4.90 Å². The molecule has 0 radical (unpaired) electrons. The van der Waals surface area contributed by atoms with Gasteiger partial charge in [0, 0.05) is 13.1 Å². The Bertz CT molecular complexity index is 985. The number of amides is 3. The molecule has 0 unspecified atom stereocenters. The van der Waals surface area contributed by atoms with E-state index in [2.05, 4.69) is 5.32 Å². The Morgan fingerprint density at radius 3 is 2.62 bits per heavy atom. The van der Waals surface area contributed by atoms with Gasteiger partial charge in [0.2, 0.25) is 11.8 Å². The highest BCUT2D eigenvalue weighted by molar-refractivity contribution is 6.13.